The van der Waals surface area contributed by atoms with Crippen molar-refractivity contribution >= 4 is 34.1 Å². The van der Waals surface area contributed by atoms with E-state index in [1.54, 1.807) is 37.2 Å². The zero-order valence-corrected chi connectivity index (χ0v) is 13.7. The minimum Gasteiger partial charge on any atom is -0.372 e. The van der Waals surface area contributed by atoms with Crippen LogP contribution in [0.3, 0.4) is 0 Å². The van der Waals surface area contributed by atoms with Crippen molar-refractivity contribution < 1.29 is 4.92 Å². The Morgan fingerprint density at radius 2 is 2.08 bits per heavy atom. The molecule has 2 aromatic carbocycles. The highest BCUT2D eigenvalue weighted by atomic mass is 16.6. The fourth-order valence-corrected chi connectivity index (χ4v) is 2.56. The first-order valence-electron chi connectivity index (χ1n) is 7.52. The van der Waals surface area contributed by atoms with E-state index < -0.39 is 4.92 Å². The normalized spacial score (nSPS) is 11.3. The number of rotatable bonds is 4. The Labute approximate surface area is 144 Å². The molecule has 0 aliphatic heterocycles. The van der Waals surface area contributed by atoms with Gasteiger partial charge in [0.1, 0.15) is 17.6 Å². The number of imidazole rings is 1. The molecule has 3 aromatic rings. The summed E-state index contributed by atoms with van der Waals surface area (Å²) in [6.07, 6.45) is 1.59. The molecule has 3 rings (SSSR count). The van der Waals surface area contributed by atoms with E-state index in [9.17, 15) is 15.4 Å². The van der Waals surface area contributed by atoms with E-state index in [2.05, 4.69) is 16.0 Å². The molecule has 0 aliphatic carbocycles. The van der Waals surface area contributed by atoms with Crippen LogP contribution in [0.4, 0.5) is 11.4 Å². The quantitative estimate of drug-likeness (QED) is 0.447. The van der Waals surface area contributed by atoms with Crippen LogP contribution in [0.15, 0.2) is 42.5 Å². The maximum atomic E-state index is 11.3. The number of nitrogens with zero attached hydrogens (tertiary/aromatic N) is 4. The molecule has 0 spiro atoms. The van der Waals surface area contributed by atoms with E-state index in [0.717, 1.165) is 11.0 Å². The Balaban J connectivity index is 2.07. The third-order valence-electron chi connectivity index (χ3n) is 3.75. The van der Waals surface area contributed by atoms with Gasteiger partial charge in [0.05, 0.1) is 21.5 Å². The van der Waals surface area contributed by atoms with Gasteiger partial charge in [0.2, 0.25) is 0 Å². The number of aromatic amines is 1. The SMILES string of the molecule is CN(C)c1ccc(/C=C(/C#N)c2nc3ccccc3[nH]2)cc1[N+](=O)[O-]. The van der Waals surface area contributed by atoms with E-state index in [0.29, 0.717) is 22.6 Å². The summed E-state index contributed by atoms with van der Waals surface area (Å²) in [4.78, 5) is 20.0. The molecule has 0 saturated carbocycles. The Bertz CT molecular complexity index is 994. The smallest absolute Gasteiger partial charge is 0.293 e. The van der Waals surface area contributed by atoms with Crippen LogP contribution in [0.25, 0.3) is 22.7 Å². The molecule has 0 fully saturated rings. The number of nitrogens with one attached hydrogen (secondary N) is 1. The number of nitriles is 1. The molecule has 25 heavy (non-hydrogen) atoms. The van der Waals surface area contributed by atoms with Gasteiger partial charge in [-0.15, -0.1) is 0 Å². The first-order chi connectivity index (χ1) is 12.0. The minimum absolute atomic E-state index is 0.0133. The fourth-order valence-electron chi connectivity index (χ4n) is 2.56. The van der Waals surface area contributed by atoms with Crippen LogP contribution in [-0.2, 0) is 0 Å². The van der Waals surface area contributed by atoms with Crippen LogP contribution in [0.2, 0.25) is 0 Å². The van der Waals surface area contributed by atoms with Crippen LogP contribution in [0, 0.1) is 21.4 Å². The molecule has 0 saturated heterocycles. The first-order valence-corrected chi connectivity index (χ1v) is 7.52. The molecular weight excluding hydrogens is 318 g/mol. The van der Waals surface area contributed by atoms with Gasteiger partial charge in [0.15, 0.2) is 0 Å². The number of aromatic nitrogens is 2. The summed E-state index contributed by atoms with van der Waals surface area (Å²) in [7, 11) is 3.49. The van der Waals surface area contributed by atoms with Gasteiger partial charge in [-0.2, -0.15) is 5.26 Å². The predicted octanol–water partition coefficient (Wildman–Crippen LogP) is 3.60. The van der Waals surface area contributed by atoms with Crippen molar-refractivity contribution in [3.63, 3.8) is 0 Å². The number of allylic oxidation sites excluding steroid dienone is 1. The van der Waals surface area contributed by atoms with Gasteiger partial charge in [-0.1, -0.05) is 18.2 Å². The molecule has 7 nitrogen and oxygen atoms in total. The fraction of sp³-hybridized carbons (Fsp3) is 0.111. The van der Waals surface area contributed by atoms with Crippen molar-refractivity contribution in [1.82, 2.24) is 9.97 Å². The largest absolute Gasteiger partial charge is 0.372 e. The lowest BCUT2D eigenvalue weighted by molar-refractivity contribution is -0.384. The average Bonchev–Trinajstić information content (AvgIpc) is 3.03. The van der Waals surface area contributed by atoms with Crippen LogP contribution in [0.5, 0.6) is 0 Å². The summed E-state index contributed by atoms with van der Waals surface area (Å²) in [5.41, 5.74) is 2.95. The predicted molar refractivity (Wildman–Crippen MR) is 97.0 cm³/mol. The summed E-state index contributed by atoms with van der Waals surface area (Å²) in [5, 5.41) is 20.8. The van der Waals surface area contributed by atoms with E-state index in [4.69, 9.17) is 0 Å². The second-order valence-corrected chi connectivity index (χ2v) is 5.67. The number of nitro groups is 1. The van der Waals surface area contributed by atoms with Gasteiger partial charge in [-0.25, -0.2) is 4.98 Å². The topological polar surface area (TPSA) is 98.8 Å². The van der Waals surface area contributed by atoms with Crippen LogP contribution < -0.4 is 4.90 Å². The van der Waals surface area contributed by atoms with E-state index in [1.165, 1.54) is 6.07 Å². The summed E-state index contributed by atoms with van der Waals surface area (Å²) < 4.78 is 0. The number of benzene rings is 2. The highest BCUT2D eigenvalue weighted by Crippen LogP contribution is 2.29. The second kappa shape index (κ2) is 6.45. The van der Waals surface area contributed by atoms with E-state index in [1.807, 2.05) is 24.3 Å². The maximum Gasteiger partial charge on any atom is 0.293 e. The number of fused-ring (bicyclic) bond motifs is 1. The lowest BCUT2D eigenvalue weighted by atomic mass is 10.1. The zero-order valence-electron chi connectivity index (χ0n) is 13.7. The van der Waals surface area contributed by atoms with Crippen molar-refractivity contribution in [3.05, 3.63) is 64.0 Å². The van der Waals surface area contributed by atoms with Gasteiger partial charge in [0.25, 0.3) is 5.69 Å². The molecule has 1 N–H and O–H groups in total. The molecule has 0 aliphatic rings. The van der Waals surface area contributed by atoms with E-state index >= 15 is 0 Å². The minimum atomic E-state index is -0.431. The van der Waals surface area contributed by atoms with Crippen LogP contribution >= 0.6 is 0 Å². The monoisotopic (exact) mass is 333 g/mol. The number of hydrogen-bond donors (Lipinski definition) is 1. The average molecular weight is 333 g/mol. The highest BCUT2D eigenvalue weighted by Gasteiger charge is 2.16. The summed E-state index contributed by atoms with van der Waals surface area (Å²) >= 11 is 0. The molecule has 0 amide bonds. The number of hydrogen-bond acceptors (Lipinski definition) is 5. The molecule has 0 unspecified atom stereocenters. The van der Waals surface area contributed by atoms with Crippen molar-refractivity contribution in [2.75, 3.05) is 19.0 Å². The van der Waals surface area contributed by atoms with Gasteiger partial charge in [0, 0.05) is 20.2 Å². The molecular formula is C18H15N5O2. The van der Waals surface area contributed by atoms with Gasteiger partial charge in [-0.3, -0.25) is 10.1 Å². The van der Waals surface area contributed by atoms with Crippen molar-refractivity contribution in [1.29, 1.82) is 5.26 Å². The Morgan fingerprint density at radius 1 is 1.32 bits per heavy atom. The van der Waals surface area contributed by atoms with Crippen molar-refractivity contribution in [3.8, 4) is 6.07 Å². The molecule has 124 valence electrons. The molecule has 0 radical (unpaired) electrons. The van der Waals surface area contributed by atoms with Crippen LogP contribution in [-0.4, -0.2) is 29.0 Å². The number of nitro benzene ring substituents is 1. The van der Waals surface area contributed by atoms with Crippen molar-refractivity contribution in [2.45, 2.75) is 0 Å². The summed E-state index contributed by atoms with van der Waals surface area (Å²) in [6, 6.07) is 14.4. The van der Waals surface area contributed by atoms with Crippen molar-refractivity contribution in [2.24, 2.45) is 0 Å². The lowest BCUT2D eigenvalue weighted by Crippen LogP contribution is -2.11. The van der Waals surface area contributed by atoms with E-state index in [-0.39, 0.29) is 5.69 Å². The standard InChI is InChI=1S/C18H15N5O2/c1-22(2)16-8-7-12(10-17(16)23(24)25)9-13(11-19)18-20-14-5-3-4-6-15(14)21-18/h3-10H,1-2H3,(H,20,21)/b13-9-. The van der Waals surface area contributed by atoms with Crippen LogP contribution in [0.1, 0.15) is 11.4 Å². The van der Waals surface area contributed by atoms with Gasteiger partial charge in [-0.05, 0) is 29.8 Å². The Hall–Kier alpha value is -3.66. The Kier molecular flexibility index (Phi) is 4.18. The van der Waals surface area contributed by atoms with Gasteiger partial charge >= 0.3 is 0 Å². The number of anilines is 1. The molecule has 0 bridgehead atoms. The summed E-state index contributed by atoms with van der Waals surface area (Å²) in [6.45, 7) is 0. The second-order valence-electron chi connectivity index (χ2n) is 5.67. The molecule has 0 atom stereocenters. The zero-order chi connectivity index (χ0) is 18.0. The Morgan fingerprint density at radius 3 is 2.72 bits per heavy atom. The maximum absolute atomic E-state index is 11.3. The third-order valence-corrected chi connectivity index (χ3v) is 3.75. The lowest BCUT2D eigenvalue weighted by Gasteiger charge is -2.12. The number of H-pyrrole nitrogens is 1. The molecule has 7 heteroatoms. The van der Waals surface area contributed by atoms with Gasteiger partial charge < -0.3 is 9.88 Å². The molecule has 1 heterocycles. The summed E-state index contributed by atoms with van der Waals surface area (Å²) in [5.74, 6) is 0.433. The first kappa shape index (κ1) is 16.2. The third kappa shape index (κ3) is 3.19. The molecule has 1 aromatic heterocycles. The number of para-hydroxylation sites is 2. The highest BCUT2D eigenvalue weighted by molar-refractivity contribution is 5.90.